The minimum atomic E-state index is -0.363. The first kappa shape index (κ1) is 17.2. The van der Waals surface area contributed by atoms with E-state index in [9.17, 15) is 14.0 Å². The van der Waals surface area contributed by atoms with Crippen LogP contribution in [-0.2, 0) is 13.5 Å². The van der Waals surface area contributed by atoms with Gasteiger partial charge in [-0.2, -0.15) is 0 Å². The van der Waals surface area contributed by atoms with E-state index >= 15 is 0 Å². The third-order valence-corrected chi connectivity index (χ3v) is 6.36. The molecule has 1 aromatic carbocycles. The Morgan fingerprint density at radius 1 is 1.19 bits per heavy atom. The number of benzene rings is 1. The smallest absolute Gasteiger partial charge is 0.302 e. The predicted molar refractivity (Wildman–Crippen MR) is 97.9 cm³/mol. The minimum absolute atomic E-state index is 0.185. The first-order valence-electron chi connectivity index (χ1n) is 9.20. The van der Waals surface area contributed by atoms with Crippen molar-refractivity contribution < 1.29 is 4.39 Å². The zero-order valence-corrected chi connectivity index (χ0v) is 15.2. The Balaban J connectivity index is 1.40. The van der Waals surface area contributed by atoms with Crippen molar-refractivity contribution >= 4 is 0 Å². The summed E-state index contributed by atoms with van der Waals surface area (Å²) in [6.07, 6.45) is 1.81. The first-order valence-corrected chi connectivity index (χ1v) is 9.20. The van der Waals surface area contributed by atoms with Crippen LogP contribution in [0.3, 0.4) is 0 Å². The van der Waals surface area contributed by atoms with E-state index in [1.165, 1.54) is 10.1 Å². The summed E-state index contributed by atoms with van der Waals surface area (Å²) in [6, 6.07) is 6.91. The van der Waals surface area contributed by atoms with Crippen LogP contribution < -0.4 is 11.2 Å². The SMILES string of the molecule is Cc1c(CCN2CC3CC(c4ccc(F)cc4)C3C2)c(=O)[nH]c(=O)n1C. The number of aromatic nitrogens is 2. The zero-order valence-electron chi connectivity index (χ0n) is 15.2. The Kier molecular flexibility index (Phi) is 4.31. The van der Waals surface area contributed by atoms with E-state index in [0.717, 1.165) is 31.7 Å². The summed E-state index contributed by atoms with van der Waals surface area (Å²) in [6.45, 7) is 4.73. The molecule has 0 bridgehead atoms. The summed E-state index contributed by atoms with van der Waals surface area (Å²) in [5, 5.41) is 0. The van der Waals surface area contributed by atoms with Crippen LogP contribution >= 0.6 is 0 Å². The number of fused-ring (bicyclic) bond motifs is 1. The third kappa shape index (κ3) is 2.92. The van der Waals surface area contributed by atoms with Gasteiger partial charge in [-0.3, -0.25) is 9.78 Å². The number of hydrogen-bond donors (Lipinski definition) is 1. The molecule has 0 spiro atoms. The highest BCUT2D eigenvalue weighted by Crippen LogP contribution is 2.51. The third-order valence-electron chi connectivity index (χ3n) is 6.36. The van der Waals surface area contributed by atoms with E-state index in [0.29, 0.717) is 29.7 Å². The van der Waals surface area contributed by atoms with Crippen molar-refractivity contribution in [2.24, 2.45) is 18.9 Å². The Labute approximate surface area is 151 Å². The monoisotopic (exact) mass is 357 g/mol. The molecular formula is C20H24FN3O2. The van der Waals surface area contributed by atoms with E-state index < -0.39 is 0 Å². The van der Waals surface area contributed by atoms with Gasteiger partial charge >= 0.3 is 5.69 Å². The molecule has 26 heavy (non-hydrogen) atoms. The predicted octanol–water partition coefficient (Wildman–Crippen LogP) is 1.80. The summed E-state index contributed by atoms with van der Waals surface area (Å²) in [5.41, 5.74) is 2.04. The molecule has 4 rings (SSSR count). The Bertz CT molecular complexity index is 932. The van der Waals surface area contributed by atoms with Crippen LogP contribution in [0, 0.1) is 24.6 Å². The van der Waals surface area contributed by atoms with E-state index in [1.807, 2.05) is 19.1 Å². The van der Waals surface area contributed by atoms with Gasteiger partial charge in [0, 0.05) is 37.9 Å². The van der Waals surface area contributed by atoms with Crippen LogP contribution in [0.4, 0.5) is 4.39 Å². The second kappa shape index (κ2) is 6.50. The summed E-state index contributed by atoms with van der Waals surface area (Å²) < 4.78 is 14.6. The second-order valence-corrected chi connectivity index (χ2v) is 7.71. The average Bonchev–Trinajstić information content (AvgIpc) is 2.91. The number of rotatable bonds is 4. The van der Waals surface area contributed by atoms with Crippen LogP contribution in [0.1, 0.15) is 29.2 Å². The van der Waals surface area contributed by atoms with Crippen LogP contribution in [0.2, 0.25) is 0 Å². The lowest BCUT2D eigenvalue weighted by Crippen LogP contribution is -2.34. The average molecular weight is 357 g/mol. The van der Waals surface area contributed by atoms with Crippen molar-refractivity contribution in [3.8, 4) is 0 Å². The van der Waals surface area contributed by atoms with Gasteiger partial charge in [-0.15, -0.1) is 0 Å². The molecule has 2 aromatic rings. The largest absolute Gasteiger partial charge is 0.328 e. The van der Waals surface area contributed by atoms with E-state index in [4.69, 9.17) is 0 Å². The normalized spacial score (nSPS) is 25.1. The van der Waals surface area contributed by atoms with Crippen LogP contribution in [0.25, 0.3) is 0 Å². The quantitative estimate of drug-likeness (QED) is 0.908. The molecule has 6 heteroatoms. The van der Waals surface area contributed by atoms with Crippen LogP contribution in [0.15, 0.2) is 33.9 Å². The Hall–Kier alpha value is -2.21. The number of H-pyrrole nitrogens is 1. The second-order valence-electron chi connectivity index (χ2n) is 7.71. The molecule has 1 aliphatic carbocycles. The Morgan fingerprint density at radius 2 is 1.92 bits per heavy atom. The lowest BCUT2D eigenvalue weighted by atomic mass is 9.64. The summed E-state index contributed by atoms with van der Waals surface area (Å²) in [7, 11) is 1.68. The molecule has 1 aliphatic heterocycles. The molecule has 138 valence electrons. The molecule has 0 radical (unpaired) electrons. The fraction of sp³-hybridized carbons (Fsp3) is 0.500. The molecule has 2 heterocycles. The summed E-state index contributed by atoms with van der Waals surface area (Å²) in [5.74, 6) is 1.66. The molecule has 1 saturated carbocycles. The lowest BCUT2D eigenvalue weighted by Gasteiger charge is -2.40. The molecule has 3 atom stereocenters. The van der Waals surface area contributed by atoms with Crippen molar-refractivity contribution in [1.82, 2.24) is 14.5 Å². The maximum atomic E-state index is 13.1. The van der Waals surface area contributed by atoms with Gasteiger partial charge in [0.05, 0.1) is 0 Å². The van der Waals surface area contributed by atoms with Gasteiger partial charge in [-0.05, 0) is 55.2 Å². The first-order chi connectivity index (χ1) is 12.4. The maximum absolute atomic E-state index is 13.1. The molecule has 2 aliphatic rings. The van der Waals surface area contributed by atoms with Crippen molar-refractivity contribution in [3.05, 3.63) is 67.7 Å². The number of likely N-dealkylation sites (tertiary alicyclic amines) is 1. The van der Waals surface area contributed by atoms with Gasteiger partial charge in [-0.25, -0.2) is 9.18 Å². The highest BCUT2D eigenvalue weighted by Gasteiger charge is 2.47. The minimum Gasteiger partial charge on any atom is -0.302 e. The number of nitrogens with one attached hydrogen (secondary N) is 1. The van der Waals surface area contributed by atoms with Gasteiger partial charge in [0.1, 0.15) is 5.82 Å². The van der Waals surface area contributed by atoms with Crippen LogP contribution in [0.5, 0.6) is 0 Å². The van der Waals surface area contributed by atoms with Gasteiger partial charge in [0.2, 0.25) is 0 Å². The van der Waals surface area contributed by atoms with Crippen molar-refractivity contribution in [2.45, 2.75) is 25.7 Å². The van der Waals surface area contributed by atoms with Gasteiger partial charge in [0.25, 0.3) is 5.56 Å². The van der Waals surface area contributed by atoms with Gasteiger partial charge in [0.15, 0.2) is 0 Å². The van der Waals surface area contributed by atoms with Gasteiger partial charge in [-0.1, -0.05) is 12.1 Å². The van der Waals surface area contributed by atoms with E-state index in [-0.39, 0.29) is 17.1 Å². The zero-order chi connectivity index (χ0) is 18.4. The van der Waals surface area contributed by atoms with Gasteiger partial charge < -0.3 is 9.47 Å². The van der Waals surface area contributed by atoms with Crippen LogP contribution in [-0.4, -0.2) is 34.1 Å². The van der Waals surface area contributed by atoms with E-state index in [2.05, 4.69) is 9.88 Å². The fourth-order valence-corrected chi connectivity index (χ4v) is 4.61. The topological polar surface area (TPSA) is 58.1 Å². The van der Waals surface area contributed by atoms with Crippen molar-refractivity contribution in [1.29, 1.82) is 0 Å². The standard InChI is InChI=1S/C20H24FN3O2/c1-12-16(19(25)22-20(26)23(12)2)7-8-24-10-14-9-17(18(14)11-24)13-3-5-15(21)6-4-13/h3-6,14,17-18H,7-11H2,1-2H3,(H,22,25,26). The molecule has 3 unspecified atom stereocenters. The molecule has 5 nitrogen and oxygen atoms in total. The Morgan fingerprint density at radius 3 is 2.65 bits per heavy atom. The summed E-state index contributed by atoms with van der Waals surface area (Å²) >= 11 is 0. The van der Waals surface area contributed by atoms with Crippen molar-refractivity contribution in [2.75, 3.05) is 19.6 Å². The maximum Gasteiger partial charge on any atom is 0.328 e. The number of hydrogen-bond acceptors (Lipinski definition) is 3. The van der Waals surface area contributed by atoms with E-state index in [1.54, 1.807) is 19.2 Å². The lowest BCUT2D eigenvalue weighted by molar-refractivity contribution is 0.191. The van der Waals surface area contributed by atoms with Crippen molar-refractivity contribution in [3.63, 3.8) is 0 Å². The number of halogens is 1. The molecule has 1 aromatic heterocycles. The molecular weight excluding hydrogens is 333 g/mol. The highest BCUT2D eigenvalue weighted by atomic mass is 19.1. The molecule has 0 amide bonds. The molecule has 2 fully saturated rings. The number of aromatic amines is 1. The summed E-state index contributed by atoms with van der Waals surface area (Å²) in [4.78, 5) is 28.5. The number of nitrogens with zero attached hydrogens (tertiary/aromatic N) is 2. The highest BCUT2D eigenvalue weighted by molar-refractivity contribution is 5.26. The molecule has 1 N–H and O–H groups in total. The molecule has 1 saturated heterocycles. The fourth-order valence-electron chi connectivity index (χ4n) is 4.61.